The first kappa shape index (κ1) is 55.9. The minimum absolute atomic E-state index is 0.0232. The fraction of sp³-hybridized carbons (Fsp3) is 0.614. The Morgan fingerprint density at radius 1 is 0.794 bits per heavy atom. The van der Waals surface area contributed by atoms with Gasteiger partial charge in [0, 0.05) is 31.6 Å². The van der Waals surface area contributed by atoms with E-state index in [0.29, 0.717) is 18.4 Å². The number of hydrogen-bond acceptors (Lipinski definition) is 13. The Labute approximate surface area is 399 Å². The number of nitrogens with one attached hydrogen (secondary N) is 7. The van der Waals surface area contributed by atoms with Crippen LogP contribution in [0.25, 0.3) is 0 Å². The molecule has 24 heteroatoms. The number of aromatic hydroxyl groups is 1. The molecule has 68 heavy (non-hydrogen) atoms. The summed E-state index contributed by atoms with van der Waals surface area (Å²) in [6, 6.07) is -3.35. The Bertz CT molecular complexity index is 2010. The van der Waals surface area contributed by atoms with E-state index in [1.54, 1.807) is 26.0 Å². The summed E-state index contributed by atoms with van der Waals surface area (Å²) in [6.07, 6.45) is -0.651. The summed E-state index contributed by atoms with van der Waals surface area (Å²) in [5, 5.41) is 27.9. The molecule has 2 fully saturated rings. The Morgan fingerprint density at radius 3 is 2.06 bits per heavy atom. The Kier molecular flexibility index (Phi) is 22.5. The van der Waals surface area contributed by atoms with Gasteiger partial charge in [-0.15, -0.1) is 0 Å². The van der Waals surface area contributed by atoms with Crippen LogP contribution in [0.3, 0.4) is 0 Å². The minimum Gasteiger partial charge on any atom is -0.508 e. The predicted molar refractivity (Wildman–Crippen MR) is 248 cm³/mol. The molecule has 0 bridgehead atoms. The van der Waals surface area contributed by atoms with Crippen LogP contribution < -0.4 is 54.4 Å². The van der Waals surface area contributed by atoms with E-state index < -0.39 is 133 Å². The highest BCUT2D eigenvalue weighted by Crippen LogP contribution is 2.22. The molecule has 0 aliphatic carbocycles. The average molecular weight is 974 g/mol. The second kappa shape index (κ2) is 27.4. The van der Waals surface area contributed by atoms with E-state index in [4.69, 9.17) is 17.2 Å². The number of likely N-dealkylation sites (tertiary alicyclic amines) is 1. The molecule has 0 spiro atoms. The molecule has 2 heterocycles. The predicted octanol–water partition coefficient (Wildman–Crippen LogP) is -2.80. The maximum Gasteiger partial charge on any atom is 0.245 e. The van der Waals surface area contributed by atoms with E-state index in [1.807, 2.05) is 13.8 Å². The van der Waals surface area contributed by atoms with Crippen LogP contribution in [0, 0.1) is 11.8 Å². The fourth-order valence-corrected chi connectivity index (χ4v) is 8.50. The zero-order valence-corrected chi connectivity index (χ0v) is 39.7. The third-order valence-corrected chi connectivity index (χ3v) is 12.4. The van der Waals surface area contributed by atoms with Crippen LogP contribution in [0.1, 0.15) is 91.0 Å². The van der Waals surface area contributed by atoms with Crippen molar-refractivity contribution in [2.45, 2.75) is 134 Å². The summed E-state index contributed by atoms with van der Waals surface area (Å²) < 4.78 is 0. The first-order valence-electron chi connectivity index (χ1n) is 22.7. The second-order valence-electron chi connectivity index (χ2n) is 17.4. The molecule has 11 amide bonds. The Balaban J connectivity index is 2.02. The van der Waals surface area contributed by atoms with E-state index >= 15 is 0 Å². The monoisotopic (exact) mass is 973 g/mol. The number of nitrogens with two attached hydrogens (primary N) is 3. The number of hydrogen-bond donors (Lipinski definition) is 11. The third-order valence-electron chi connectivity index (χ3n) is 11.4. The summed E-state index contributed by atoms with van der Waals surface area (Å²) in [7, 11) is 0. The lowest BCUT2D eigenvalue weighted by Crippen LogP contribution is -2.61. The van der Waals surface area contributed by atoms with Gasteiger partial charge in [-0.05, 0) is 67.4 Å². The lowest BCUT2D eigenvalue weighted by Gasteiger charge is -2.31. The Morgan fingerprint density at radius 2 is 1.44 bits per heavy atom. The summed E-state index contributed by atoms with van der Waals surface area (Å²) in [5.41, 5.74) is 16.7. The fourth-order valence-electron chi connectivity index (χ4n) is 7.57. The van der Waals surface area contributed by atoms with Gasteiger partial charge in [0.15, 0.2) is 0 Å². The third kappa shape index (κ3) is 18.3. The zero-order chi connectivity index (χ0) is 50.7. The molecule has 0 aromatic heterocycles. The number of thioether (sulfide) groups is 1. The zero-order valence-electron chi connectivity index (χ0n) is 38.9. The van der Waals surface area contributed by atoms with Gasteiger partial charge in [-0.2, -0.15) is 11.8 Å². The van der Waals surface area contributed by atoms with E-state index in [0.717, 1.165) is 0 Å². The lowest BCUT2D eigenvalue weighted by molar-refractivity contribution is -0.142. The van der Waals surface area contributed by atoms with Crippen molar-refractivity contribution in [3.63, 3.8) is 0 Å². The standard InChI is InChI=1S/C44H67N11O12S/c1-5-24(4)37-43(66)50-27(12-13-33(45)57)39(62)52-31(21-34(46)58)40(63)51-28(14-17-68-18-15-36(60)49-30(41(64)54-37)20-25-8-10-26(56)11-9-25)44(67)55-16-6-7-32(55)42(65)53-29(19-23(2)3)38(61)48-22-35(47)59/h8-11,23-24,27-32,37,56H,5-7,12-22H2,1-4H3,(H2,45,57)(H2,46,58)(H2,47,59)(H,48,61)(H,49,60)(H,50,66)(H,51,63)(H,52,62)(H,53,65)(H,54,64)/t24-,27-,28-,29-,30-,31-,32-,37-/m0/s1. The molecule has 2 aliphatic rings. The van der Waals surface area contributed by atoms with Gasteiger partial charge < -0.3 is 64.4 Å². The topological polar surface area (TPSA) is 374 Å². The number of benzene rings is 1. The van der Waals surface area contributed by atoms with E-state index in [1.165, 1.54) is 28.8 Å². The minimum atomic E-state index is -1.72. The Hall–Kier alpha value is -6.46. The second-order valence-corrected chi connectivity index (χ2v) is 18.7. The quantitative estimate of drug-likeness (QED) is 0.0753. The molecule has 14 N–H and O–H groups in total. The summed E-state index contributed by atoms with van der Waals surface area (Å²) in [5.74, 6) is -9.14. The molecule has 2 saturated heterocycles. The van der Waals surface area contributed by atoms with Crippen LogP contribution in [0.4, 0.5) is 0 Å². The molecular weight excluding hydrogens is 907 g/mol. The lowest BCUT2D eigenvalue weighted by atomic mass is 9.96. The van der Waals surface area contributed by atoms with Gasteiger partial charge in [0.1, 0.15) is 48.0 Å². The number of primary amides is 3. The molecule has 2 aliphatic heterocycles. The van der Waals surface area contributed by atoms with Crippen LogP contribution in [-0.4, -0.2) is 142 Å². The molecule has 0 radical (unpaired) electrons. The molecule has 0 unspecified atom stereocenters. The SMILES string of the molecule is CC[C@H](C)[C@@H]1NC(=O)[C@H](Cc2ccc(O)cc2)NC(=O)CCSCC[C@@H](C(=O)N2CCC[C@H]2C(=O)N[C@@H](CC(C)C)C(=O)NCC(N)=O)NC(=O)[C@H](CC(N)=O)NC(=O)[C@H](CCC(N)=O)NC1=O. The van der Waals surface area contributed by atoms with Crippen LogP contribution in [0.5, 0.6) is 5.75 Å². The van der Waals surface area contributed by atoms with Crippen LogP contribution in [-0.2, 0) is 59.2 Å². The van der Waals surface area contributed by atoms with Gasteiger partial charge >= 0.3 is 0 Å². The number of phenolic OH excluding ortho intramolecular Hbond substituents is 1. The van der Waals surface area contributed by atoms with Crippen LogP contribution in [0.2, 0.25) is 0 Å². The smallest absolute Gasteiger partial charge is 0.245 e. The molecule has 376 valence electrons. The summed E-state index contributed by atoms with van der Waals surface area (Å²) in [4.78, 5) is 148. The van der Waals surface area contributed by atoms with Gasteiger partial charge in [-0.25, -0.2) is 0 Å². The van der Waals surface area contributed by atoms with Crippen molar-refractivity contribution < 1.29 is 57.8 Å². The van der Waals surface area contributed by atoms with Crippen molar-refractivity contribution in [2.75, 3.05) is 24.6 Å². The average Bonchev–Trinajstić information content (AvgIpc) is 3.77. The van der Waals surface area contributed by atoms with E-state index in [-0.39, 0.29) is 68.2 Å². The first-order chi connectivity index (χ1) is 32.1. The van der Waals surface area contributed by atoms with Gasteiger partial charge in [0.2, 0.25) is 65.0 Å². The highest BCUT2D eigenvalue weighted by molar-refractivity contribution is 7.99. The van der Waals surface area contributed by atoms with Crippen LogP contribution >= 0.6 is 11.8 Å². The number of rotatable bonds is 17. The normalized spacial score (nSPS) is 23.4. The number of phenols is 1. The summed E-state index contributed by atoms with van der Waals surface area (Å²) >= 11 is 1.23. The number of carbonyl (C=O) groups is 11. The van der Waals surface area contributed by atoms with Gasteiger partial charge in [0.05, 0.1) is 13.0 Å². The largest absolute Gasteiger partial charge is 0.508 e. The van der Waals surface area contributed by atoms with Crippen molar-refractivity contribution in [3.05, 3.63) is 29.8 Å². The maximum absolute atomic E-state index is 14.5. The van der Waals surface area contributed by atoms with Crippen LogP contribution in [0.15, 0.2) is 24.3 Å². The van der Waals surface area contributed by atoms with Gasteiger partial charge in [-0.1, -0.05) is 46.2 Å². The highest BCUT2D eigenvalue weighted by atomic mass is 32.2. The molecule has 1 aromatic rings. The van der Waals surface area contributed by atoms with Crippen molar-refractivity contribution in [2.24, 2.45) is 29.0 Å². The summed E-state index contributed by atoms with van der Waals surface area (Å²) in [6.45, 7) is 6.70. The van der Waals surface area contributed by atoms with E-state index in [2.05, 4.69) is 37.2 Å². The first-order valence-corrected chi connectivity index (χ1v) is 23.8. The number of amides is 11. The van der Waals surface area contributed by atoms with E-state index in [9.17, 15) is 57.8 Å². The van der Waals surface area contributed by atoms with Crippen molar-refractivity contribution in [1.29, 1.82) is 0 Å². The molecule has 23 nitrogen and oxygen atoms in total. The number of carbonyl (C=O) groups excluding carboxylic acids is 11. The van der Waals surface area contributed by atoms with Gasteiger partial charge in [-0.3, -0.25) is 52.7 Å². The van der Waals surface area contributed by atoms with Gasteiger partial charge in [0.25, 0.3) is 0 Å². The maximum atomic E-state index is 14.5. The molecular formula is C44H67N11O12S. The van der Waals surface area contributed by atoms with Crippen molar-refractivity contribution in [3.8, 4) is 5.75 Å². The molecule has 8 atom stereocenters. The molecule has 0 saturated carbocycles. The van der Waals surface area contributed by atoms with Crippen molar-refractivity contribution in [1.82, 2.24) is 42.1 Å². The molecule has 3 rings (SSSR count). The number of nitrogens with zero attached hydrogens (tertiary/aromatic N) is 1. The molecule has 1 aromatic carbocycles. The van der Waals surface area contributed by atoms with Crippen molar-refractivity contribution >= 4 is 76.7 Å². The highest BCUT2D eigenvalue weighted by Gasteiger charge is 2.40.